The second kappa shape index (κ2) is 3.96. The van der Waals surface area contributed by atoms with E-state index < -0.39 is 6.09 Å². The number of methoxy groups -OCH3 is 1. The molecule has 1 aromatic rings. The van der Waals surface area contributed by atoms with Crippen LogP contribution in [0.3, 0.4) is 0 Å². The molecule has 4 heteroatoms. The molecule has 0 aromatic heterocycles. The summed E-state index contributed by atoms with van der Waals surface area (Å²) < 4.78 is 4.64. The zero-order valence-electron chi connectivity index (χ0n) is 9.21. The van der Waals surface area contributed by atoms with E-state index in [2.05, 4.69) is 4.74 Å². The second-order valence-electron chi connectivity index (χ2n) is 3.79. The second-order valence-corrected chi connectivity index (χ2v) is 3.79. The Morgan fingerprint density at radius 2 is 1.88 bits per heavy atom. The number of hydrogen-bond donors (Lipinski definition) is 0. The van der Waals surface area contributed by atoms with Gasteiger partial charge in [-0.3, -0.25) is 9.69 Å². The van der Waals surface area contributed by atoms with Crippen molar-refractivity contribution in [2.24, 2.45) is 0 Å². The Morgan fingerprint density at radius 1 is 1.25 bits per heavy atom. The Balaban J connectivity index is 2.23. The van der Waals surface area contributed by atoms with Gasteiger partial charge in [-0.25, -0.2) is 4.79 Å². The minimum atomic E-state index is -0.450. The maximum atomic E-state index is 11.4. The van der Waals surface area contributed by atoms with Crippen LogP contribution >= 0.6 is 0 Å². The Bertz CT molecular complexity index is 416. The van der Waals surface area contributed by atoms with Crippen LogP contribution in [-0.4, -0.2) is 29.9 Å². The molecule has 0 bridgehead atoms. The number of benzene rings is 1. The van der Waals surface area contributed by atoms with Gasteiger partial charge in [0, 0.05) is 0 Å². The molecular formula is C12H13NO3. The third-order valence-electron chi connectivity index (χ3n) is 2.75. The van der Waals surface area contributed by atoms with Crippen molar-refractivity contribution in [2.45, 2.75) is 19.0 Å². The minimum absolute atomic E-state index is 0.0146. The first-order valence-corrected chi connectivity index (χ1v) is 5.08. The molecule has 1 aliphatic heterocycles. The number of carbonyl (C=O) groups excluding carboxylic acids is 2. The van der Waals surface area contributed by atoms with E-state index in [4.69, 9.17) is 0 Å². The molecule has 4 nitrogen and oxygen atoms in total. The van der Waals surface area contributed by atoms with E-state index >= 15 is 0 Å². The smallest absolute Gasteiger partial charge is 0.410 e. The lowest BCUT2D eigenvalue weighted by atomic mass is 10.1. The predicted molar refractivity (Wildman–Crippen MR) is 57.9 cm³/mol. The van der Waals surface area contributed by atoms with E-state index in [-0.39, 0.29) is 17.9 Å². The van der Waals surface area contributed by atoms with Crippen molar-refractivity contribution >= 4 is 11.9 Å². The van der Waals surface area contributed by atoms with Crippen molar-refractivity contribution in [3.05, 3.63) is 35.9 Å². The molecule has 1 saturated heterocycles. The van der Waals surface area contributed by atoms with Crippen molar-refractivity contribution in [2.75, 3.05) is 7.11 Å². The number of amides is 1. The molecular weight excluding hydrogens is 206 g/mol. The Labute approximate surface area is 93.8 Å². The summed E-state index contributed by atoms with van der Waals surface area (Å²) in [6.07, 6.45) is -0.450. The quantitative estimate of drug-likeness (QED) is 0.712. The first-order valence-electron chi connectivity index (χ1n) is 5.08. The van der Waals surface area contributed by atoms with Crippen molar-refractivity contribution in [3.8, 4) is 0 Å². The monoisotopic (exact) mass is 219 g/mol. The van der Waals surface area contributed by atoms with Gasteiger partial charge in [-0.05, 0) is 12.5 Å². The summed E-state index contributed by atoms with van der Waals surface area (Å²) in [5.74, 6) is -0.0146. The van der Waals surface area contributed by atoms with Gasteiger partial charge in [-0.1, -0.05) is 30.3 Å². The number of ketones is 1. The minimum Gasteiger partial charge on any atom is -0.453 e. The zero-order chi connectivity index (χ0) is 11.7. The fraction of sp³-hybridized carbons (Fsp3) is 0.333. The van der Waals surface area contributed by atoms with Crippen molar-refractivity contribution in [3.63, 3.8) is 0 Å². The van der Waals surface area contributed by atoms with Gasteiger partial charge in [-0.2, -0.15) is 0 Å². The van der Waals surface area contributed by atoms with E-state index in [9.17, 15) is 9.59 Å². The molecule has 84 valence electrons. The molecule has 1 aliphatic rings. The van der Waals surface area contributed by atoms with E-state index in [1.807, 2.05) is 30.3 Å². The lowest BCUT2D eigenvalue weighted by molar-refractivity contribution is -0.117. The molecule has 1 aromatic carbocycles. The number of hydrogen-bond acceptors (Lipinski definition) is 3. The van der Waals surface area contributed by atoms with Crippen LogP contribution in [0.1, 0.15) is 18.5 Å². The average Bonchev–Trinajstić information content (AvgIpc) is 3.04. The fourth-order valence-corrected chi connectivity index (χ4v) is 1.98. The molecule has 2 atom stereocenters. The highest BCUT2D eigenvalue weighted by Gasteiger charge is 2.55. The van der Waals surface area contributed by atoms with Crippen LogP contribution in [0.5, 0.6) is 0 Å². The van der Waals surface area contributed by atoms with Gasteiger partial charge in [-0.15, -0.1) is 0 Å². The average molecular weight is 219 g/mol. The molecule has 0 saturated carbocycles. The standard InChI is InChI=1S/C12H13NO3/c1-8(14)10-11(13(10)12(15)16-2)9-6-4-3-5-7-9/h3-7,10-11H,1-2H3. The van der Waals surface area contributed by atoms with Crippen LogP contribution < -0.4 is 0 Å². The topological polar surface area (TPSA) is 46.4 Å². The van der Waals surface area contributed by atoms with Crippen LogP contribution in [-0.2, 0) is 9.53 Å². The third-order valence-corrected chi connectivity index (χ3v) is 2.75. The van der Waals surface area contributed by atoms with Crippen LogP contribution in [0, 0.1) is 0 Å². The van der Waals surface area contributed by atoms with Crippen LogP contribution in [0.4, 0.5) is 4.79 Å². The van der Waals surface area contributed by atoms with Gasteiger partial charge in [0.05, 0.1) is 13.2 Å². The maximum Gasteiger partial charge on any atom is 0.410 e. The van der Waals surface area contributed by atoms with Gasteiger partial charge >= 0.3 is 6.09 Å². The zero-order valence-corrected chi connectivity index (χ0v) is 9.21. The highest BCUT2D eigenvalue weighted by molar-refractivity contribution is 5.92. The van der Waals surface area contributed by atoms with Gasteiger partial charge < -0.3 is 4.74 Å². The third kappa shape index (κ3) is 1.66. The number of rotatable bonds is 2. The molecule has 16 heavy (non-hydrogen) atoms. The molecule has 1 amide bonds. The molecule has 0 aliphatic carbocycles. The van der Waals surface area contributed by atoms with Crippen LogP contribution in [0.2, 0.25) is 0 Å². The van der Waals surface area contributed by atoms with Crippen molar-refractivity contribution < 1.29 is 14.3 Å². The first kappa shape index (κ1) is 10.7. The summed E-state index contributed by atoms with van der Waals surface area (Å²) in [6.45, 7) is 1.49. The lowest BCUT2D eigenvalue weighted by Crippen LogP contribution is -2.16. The van der Waals surface area contributed by atoms with E-state index in [0.29, 0.717) is 0 Å². The first-order chi connectivity index (χ1) is 7.66. The highest BCUT2D eigenvalue weighted by atomic mass is 16.5. The van der Waals surface area contributed by atoms with Gasteiger partial charge in [0.2, 0.25) is 0 Å². The highest BCUT2D eigenvalue weighted by Crippen LogP contribution is 2.43. The van der Waals surface area contributed by atoms with Crippen LogP contribution in [0.25, 0.3) is 0 Å². The Morgan fingerprint density at radius 3 is 2.38 bits per heavy atom. The number of ether oxygens (including phenoxy) is 1. The van der Waals surface area contributed by atoms with E-state index in [1.54, 1.807) is 0 Å². The number of nitrogens with zero attached hydrogens (tertiary/aromatic N) is 1. The van der Waals surface area contributed by atoms with Gasteiger partial charge in [0.1, 0.15) is 6.04 Å². The van der Waals surface area contributed by atoms with E-state index in [0.717, 1.165) is 5.56 Å². The molecule has 2 rings (SSSR count). The molecule has 1 heterocycles. The number of carbonyl (C=O) groups is 2. The van der Waals surface area contributed by atoms with Gasteiger partial charge in [0.25, 0.3) is 0 Å². The number of Topliss-reactive ketones (excluding diaryl/α,β-unsaturated/α-hetero) is 1. The summed E-state index contributed by atoms with van der Waals surface area (Å²) in [4.78, 5) is 24.3. The molecule has 1 fully saturated rings. The SMILES string of the molecule is COC(=O)N1C(C(C)=O)C1c1ccccc1. The summed E-state index contributed by atoms with van der Waals surface area (Å²) in [5, 5.41) is 0. The van der Waals surface area contributed by atoms with Crippen molar-refractivity contribution in [1.82, 2.24) is 4.90 Å². The van der Waals surface area contributed by atoms with E-state index in [1.165, 1.54) is 18.9 Å². The predicted octanol–water partition coefficient (Wildman–Crippen LogP) is 1.77. The summed E-state index contributed by atoms with van der Waals surface area (Å²) in [7, 11) is 1.32. The Kier molecular flexibility index (Phi) is 2.64. The molecule has 0 radical (unpaired) electrons. The summed E-state index contributed by atoms with van der Waals surface area (Å²) >= 11 is 0. The lowest BCUT2D eigenvalue weighted by Gasteiger charge is -2.01. The maximum absolute atomic E-state index is 11.4. The largest absolute Gasteiger partial charge is 0.453 e. The molecule has 2 unspecified atom stereocenters. The Hall–Kier alpha value is -1.84. The van der Waals surface area contributed by atoms with Crippen LogP contribution in [0.15, 0.2) is 30.3 Å². The summed E-state index contributed by atoms with van der Waals surface area (Å²) in [6, 6.07) is 8.96. The van der Waals surface area contributed by atoms with Crippen molar-refractivity contribution in [1.29, 1.82) is 0 Å². The summed E-state index contributed by atoms with van der Waals surface area (Å²) in [5.41, 5.74) is 0.966. The fourth-order valence-electron chi connectivity index (χ4n) is 1.98. The molecule has 0 spiro atoms. The normalized spacial score (nSPS) is 22.8. The molecule has 0 N–H and O–H groups in total. The van der Waals surface area contributed by atoms with Gasteiger partial charge in [0.15, 0.2) is 5.78 Å².